The normalized spacial score (nSPS) is 11.4. The van der Waals surface area contributed by atoms with Gasteiger partial charge in [0.05, 0.1) is 0 Å². The number of rotatable bonds is 4. The highest BCUT2D eigenvalue weighted by Crippen LogP contribution is 2.28. The van der Waals surface area contributed by atoms with Crippen LogP contribution in [0.2, 0.25) is 5.02 Å². The minimum absolute atomic E-state index is 0.653. The smallest absolute Gasteiger partial charge is 0.319 e. The van der Waals surface area contributed by atoms with Gasteiger partial charge in [0.2, 0.25) is 0 Å². The van der Waals surface area contributed by atoms with Crippen LogP contribution >= 0.6 is 23.4 Å². The van der Waals surface area contributed by atoms with E-state index in [0.717, 1.165) is 5.56 Å². The summed E-state index contributed by atoms with van der Waals surface area (Å²) in [6.07, 6.45) is 0. The van der Waals surface area contributed by atoms with Crippen molar-refractivity contribution in [2.45, 2.75) is 24.3 Å². The highest BCUT2D eigenvalue weighted by Gasteiger charge is 2.27. The number of hydrogen-bond donors (Lipinski definition) is 1. The molecule has 0 saturated heterocycles. The van der Waals surface area contributed by atoms with Crippen molar-refractivity contribution in [3.05, 3.63) is 34.9 Å². The van der Waals surface area contributed by atoms with Crippen LogP contribution in [0.1, 0.15) is 19.4 Å². The summed E-state index contributed by atoms with van der Waals surface area (Å²) in [4.78, 5) is 10.9. The Balaban J connectivity index is 2.61. The van der Waals surface area contributed by atoms with Gasteiger partial charge in [-0.05, 0) is 31.5 Å². The molecule has 0 atom stereocenters. The first-order chi connectivity index (χ1) is 6.92. The molecule has 0 saturated carbocycles. The lowest BCUT2D eigenvalue weighted by atomic mass is 10.2. The molecule has 0 heterocycles. The van der Waals surface area contributed by atoms with Gasteiger partial charge in [0.1, 0.15) is 4.75 Å². The molecule has 0 aliphatic rings. The molecule has 0 aromatic heterocycles. The fraction of sp³-hybridized carbons (Fsp3) is 0.364. The number of benzene rings is 1. The van der Waals surface area contributed by atoms with E-state index in [4.69, 9.17) is 16.7 Å². The Morgan fingerprint density at radius 2 is 2.20 bits per heavy atom. The Bertz CT molecular complexity index is 363. The second-order valence-corrected chi connectivity index (χ2v) is 5.77. The van der Waals surface area contributed by atoms with Gasteiger partial charge in [-0.15, -0.1) is 11.8 Å². The summed E-state index contributed by atoms with van der Waals surface area (Å²) in [5, 5.41) is 9.61. The lowest BCUT2D eigenvalue weighted by Gasteiger charge is -2.18. The van der Waals surface area contributed by atoms with E-state index in [0.29, 0.717) is 10.8 Å². The first kappa shape index (κ1) is 12.4. The third-order valence-electron chi connectivity index (χ3n) is 2.00. The summed E-state index contributed by atoms with van der Waals surface area (Å²) >= 11 is 7.22. The van der Waals surface area contributed by atoms with E-state index >= 15 is 0 Å². The topological polar surface area (TPSA) is 37.3 Å². The number of carboxylic acid groups (broad SMARTS) is 1. The van der Waals surface area contributed by atoms with E-state index in [2.05, 4.69) is 0 Å². The monoisotopic (exact) mass is 244 g/mol. The lowest BCUT2D eigenvalue weighted by Crippen LogP contribution is -2.27. The Morgan fingerprint density at radius 1 is 1.53 bits per heavy atom. The average Bonchev–Trinajstić information content (AvgIpc) is 2.15. The summed E-state index contributed by atoms with van der Waals surface area (Å²) in [6, 6.07) is 7.47. The standard InChI is InChI=1S/C11H13ClO2S/c1-11(2,10(13)14)15-7-8-4-3-5-9(12)6-8/h3-6H,7H2,1-2H3,(H,13,14). The minimum atomic E-state index is -0.797. The summed E-state index contributed by atoms with van der Waals surface area (Å²) in [7, 11) is 0. The number of carbonyl (C=O) groups is 1. The van der Waals surface area contributed by atoms with Gasteiger partial charge in [0.15, 0.2) is 0 Å². The molecule has 0 bridgehead atoms. The molecule has 15 heavy (non-hydrogen) atoms. The number of carboxylic acids is 1. The fourth-order valence-electron chi connectivity index (χ4n) is 0.952. The van der Waals surface area contributed by atoms with Gasteiger partial charge in [-0.3, -0.25) is 4.79 Å². The Hall–Kier alpha value is -0.670. The largest absolute Gasteiger partial charge is 0.480 e. The predicted octanol–water partition coefficient (Wildman–Crippen LogP) is 3.44. The summed E-state index contributed by atoms with van der Waals surface area (Å²) in [5.74, 6) is -0.144. The molecule has 0 aliphatic heterocycles. The molecule has 0 aliphatic carbocycles. The van der Waals surface area contributed by atoms with Crippen molar-refractivity contribution in [1.29, 1.82) is 0 Å². The Morgan fingerprint density at radius 3 is 2.73 bits per heavy atom. The van der Waals surface area contributed by atoms with Crippen molar-refractivity contribution >= 4 is 29.3 Å². The van der Waals surface area contributed by atoms with Crippen molar-refractivity contribution in [2.75, 3.05) is 0 Å². The molecule has 82 valence electrons. The van der Waals surface area contributed by atoms with E-state index in [1.165, 1.54) is 11.8 Å². The van der Waals surface area contributed by atoms with Gasteiger partial charge in [0.25, 0.3) is 0 Å². The van der Waals surface area contributed by atoms with Crippen LogP contribution in [0.15, 0.2) is 24.3 Å². The molecule has 0 spiro atoms. The van der Waals surface area contributed by atoms with Crippen LogP contribution in [0.3, 0.4) is 0 Å². The van der Waals surface area contributed by atoms with Gasteiger partial charge >= 0.3 is 5.97 Å². The van der Waals surface area contributed by atoms with E-state index in [9.17, 15) is 4.79 Å². The highest BCUT2D eigenvalue weighted by molar-refractivity contribution is 8.00. The van der Waals surface area contributed by atoms with Crippen LogP contribution in [0.25, 0.3) is 0 Å². The molecule has 4 heteroatoms. The maximum absolute atomic E-state index is 10.9. The SMILES string of the molecule is CC(C)(SCc1cccc(Cl)c1)C(=O)O. The van der Waals surface area contributed by atoms with E-state index in [-0.39, 0.29) is 0 Å². The van der Waals surface area contributed by atoms with Crippen LogP contribution < -0.4 is 0 Å². The minimum Gasteiger partial charge on any atom is -0.480 e. The third kappa shape index (κ3) is 3.76. The number of halogens is 1. The molecule has 1 aromatic rings. The maximum atomic E-state index is 10.9. The zero-order valence-corrected chi connectivity index (χ0v) is 10.2. The molecule has 1 rings (SSSR count). The van der Waals surface area contributed by atoms with Crippen molar-refractivity contribution in [1.82, 2.24) is 0 Å². The molecular formula is C11H13ClO2S. The highest BCUT2D eigenvalue weighted by atomic mass is 35.5. The van der Waals surface area contributed by atoms with Crippen molar-refractivity contribution < 1.29 is 9.90 Å². The fourth-order valence-corrected chi connectivity index (χ4v) is 2.00. The first-order valence-corrected chi connectivity index (χ1v) is 5.90. The van der Waals surface area contributed by atoms with Crippen LogP contribution in [-0.4, -0.2) is 15.8 Å². The average molecular weight is 245 g/mol. The van der Waals surface area contributed by atoms with Gasteiger partial charge < -0.3 is 5.11 Å². The Labute approximate surface area is 98.6 Å². The van der Waals surface area contributed by atoms with Gasteiger partial charge in [-0.1, -0.05) is 23.7 Å². The number of hydrogen-bond acceptors (Lipinski definition) is 2. The predicted molar refractivity (Wildman–Crippen MR) is 64.5 cm³/mol. The molecule has 2 nitrogen and oxygen atoms in total. The van der Waals surface area contributed by atoms with E-state index < -0.39 is 10.7 Å². The second kappa shape index (κ2) is 4.90. The molecule has 0 radical (unpaired) electrons. The quantitative estimate of drug-likeness (QED) is 0.882. The zero-order chi connectivity index (χ0) is 11.5. The third-order valence-corrected chi connectivity index (χ3v) is 3.61. The maximum Gasteiger partial charge on any atom is 0.319 e. The molecule has 0 amide bonds. The van der Waals surface area contributed by atoms with Gasteiger partial charge in [0, 0.05) is 10.8 Å². The van der Waals surface area contributed by atoms with Gasteiger partial charge in [-0.25, -0.2) is 0 Å². The number of aliphatic carboxylic acids is 1. The van der Waals surface area contributed by atoms with E-state index in [1.807, 2.05) is 18.2 Å². The summed E-state index contributed by atoms with van der Waals surface area (Å²) in [5.41, 5.74) is 1.04. The van der Waals surface area contributed by atoms with Crippen molar-refractivity contribution in [3.63, 3.8) is 0 Å². The lowest BCUT2D eigenvalue weighted by molar-refractivity contribution is -0.138. The van der Waals surface area contributed by atoms with Crippen LogP contribution in [-0.2, 0) is 10.5 Å². The van der Waals surface area contributed by atoms with Crippen molar-refractivity contribution in [3.8, 4) is 0 Å². The molecule has 1 N–H and O–H groups in total. The van der Waals surface area contributed by atoms with Crippen LogP contribution in [0.4, 0.5) is 0 Å². The van der Waals surface area contributed by atoms with Crippen LogP contribution in [0, 0.1) is 0 Å². The van der Waals surface area contributed by atoms with Crippen molar-refractivity contribution in [2.24, 2.45) is 0 Å². The summed E-state index contributed by atoms with van der Waals surface area (Å²) in [6.45, 7) is 3.40. The molecular weight excluding hydrogens is 232 g/mol. The van der Waals surface area contributed by atoms with E-state index in [1.54, 1.807) is 19.9 Å². The summed E-state index contributed by atoms with van der Waals surface area (Å²) < 4.78 is -0.762. The number of thioether (sulfide) groups is 1. The molecule has 0 fully saturated rings. The first-order valence-electron chi connectivity index (χ1n) is 4.53. The van der Waals surface area contributed by atoms with Crippen LogP contribution in [0.5, 0.6) is 0 Å². The zero-order valence-electron chi connectivity index (χ0n) is 8.66. The molecule has 0 unspecified atom stereocenters. The van der Waals surface area contributed by atoms with Gasteiger partial charge in [-0.2, -0.15) is 0 Å². The molecule has 1 aromatic carbocycles. The Kier molecular flexibility index (Phi) is 4.05. The second-order valence-electron chi connectivity index (χ2n) is 3.73.